The van der Waals surface area contributed by atoms with E-state index >= 15 is 0 Å². The minimum Gasteiger partial charge on any atom is -0.462 e. The minimum absolute atomic E-state index is 0.0468. The molecular weight excluding hydrogens is 506 g/mol. The van der Waals surface area contributed by atoms with Gasteiger partial charge in [0, 0.05) is 24.2 Å². The summed E-state index contributed by atoms with van der Waals surface area (Å²) in [6.07, 6.45) is 3.00. The summed E-state index contributed by atoms with van der Waals surface area (Å²) in [6, 6.07) is 15.2. The van der Waals surface area contributed by atoms with Crippen molar-refractivity contribution in [3.63, 3.8) is 0 Å². The molecule has 1 aliphatic heterocycles. The summed E-state index contributed by atoms with van der Waals surface area (Å²) in [7, 11) is 0. The van der Waals surface area contributed by atoms with E-state index in [9.17, 15) is 24.0 Å². The summed E-state index contributed by atoms with van der Waals surface area (Å²) in [6.45, 7) is 1.95. The first kappa shape index (κ1) is 27.3. The number of ketones is 1. The number of Topliss-reactive ketones (excluding diaryl/α,β-unsaturated/α-hetero) is 1. The Morgan fingerprint density at radius 3 is 2.31 bits per heavy atom. The van der Waals surface area contributed by atoms with Crippen molar-refractivity contribution in [2.75, 3.05) is 24.7 Å². The van der Waals surface area contributed by atoms with Crippen LogP contribution in [0.15, 0.2) is 71.3 Å². The Balaban J connectivity index is 1.26. The second-order valence-corrected chi connectivity index (χ2v) is 8.86. The lowest BCUT2D eigenvalue weighted by Crippen LogP contribution is -2.27. The summed E-state index contributed by atoms with van der Waals surface area (Å²) in [5, 5.41) is 0. The quantitative estimate of drug-likeness (QED) is 0.154. The number of amides is 1. The molecule has 39 heavy (non-hydrogen) atoms. The topological polar surface area (TPSA) is 129 Å². The largest absolute Gasteiger partial charge is 0.462 e. The van der Waals surface area contributed by atoms with Crippen molar-refractivity contribution in [1.82, 2.24) is 0 Å². The number of benzene rings is 2. The van der Waals surface area contributed by atoms with Crippen molar-refractivity contribution >= 4 is 35.3 Å². The number of carbonyl (C=O) groups excluding carboxylic acids is 5. The molecule has 0 spiro atoms. The number of rotatable bonds is 11. The average molecular weight is 534 g/mol. The van der Waals surface area contributed by atoms with Crippen LogP contribution in [0.2, 0.25) is 0 Å². The molecule has 3 aromatic rings. The molecule has 0 unspecified atom stereocenters. The molecule has 10 nitrogen and oxygen atoms in total. The Morgan fingerprint density at radius 1 is 0.923 bits per heavy atom. The van der Waals surface area contributed by atoms with Crippen LogP contribution in [0.3, 0.4) is 0 Å². The number of anilines is 1. The van der Waals surface area contributed by atoms with E-state index in [2.05, 4.69) is 0 Å². The van der Waals surface area contributed by atoms with Crippen LogP contribution in [0.1, 0.15) is 57.5 Å². The summed E-state index contributed by atoms with van der Waals surface area (Å²) >= 11 is 0. The van der Waals surface area contributed by atoms with Crippen LogP contribution < -0.4 is 9.64 Å². The third kappa shape index (κ3) is 6.98. The highest BCUT2D eigenvalue weighted by molar-refractivity contribution is 6.01. The summed E-state index contributed by atoms with van der Waals surface area (Å²) in [5.74, 6) is -2.93. The number of esters is 3. The molecule has 1 atom stereocenters. The maximum atomic E-state index is 12.6. The van der Waals surface area contributed by atoms with Crippen LogP contribution in [0, 0.1) is 5.92 Å². The van der Waals surface area contributed by atoms with Crippen LogP contribution in [-0.2, 0) is 19.1 Å². The fraction of sp³-hybridized carbons (Fsp3) is 0.276. The zero-order valence-electron chi connectivity index (χ0n) is 21.3. The SMILES string of the molecule is CCCCOC(=O)c1ccc(N2C[C@H](C(=O)OCC(=O)c3ccc(OC(=O)c4ccco4)cc3)CC2=O)cc1. The van der Waals surface area contributed by atoms with Crippen LogP contribution in [-0.4, -0.2) is 49.4 Å². The van der Waals surface area contributed by atoms with Gasteiger partial charge in [-0.25, -0.2) is 9.59 Å². The molecule has 1 aliphatic rings. The molecule has 2 aromatic carbocycles. The minimum atomic E-state index is -0.729. The maximum Gasteiger partial charge on any atom is 0.379 e. The Morgan fingerprint density at radius 2 is 1.64 bits per heavy atom. The highest BCUT2D eigenvalue weighted by Gasteiger charge is 2.36. The standard InChI is InChI=1S/C29H27NO9/c1-2-3-14-37-27(33)20-6-10-22(11-7-20)30-17-21(16-26(30)32)28(34)38-18-24(31)19-8-12-23(13-9-19)39-29(35)25-5-4-15-36-25/h4-13,15,21H,2-3,14,16-18H2,1H3/t21-/m1/s1. The van der Waals surface area contributed by atoms with Gasteiger partial charge in [-0.2, -0.15) is 0 Å². The van der Waals surface area contributed by atoms with Gasteiger partial charge in [-0.15, -0.1) is 0 Å². The lowest BCUT2D eigenvalue weighted by atomic mass is 10.1. The number of unbranched alkanes of at least 4 members (excludes halogenated alkanes) is 1. The van der Waals surface area contributed by atoms with Gasteiger partial charge in [-0.3, -0.25) is 14.4 Å². The smallest absolute Gasteiger partial charge is 0.379 e. The molecule has 0 N–H and O–H groups in total. The summed E-state index contributed by atoms with van der Waals surface area (Å²) in [4.78, 5) is 63.1. The van der Waals surface area contributed by atoms with E-state index in [4.69, 9.17) is 18.6 Å². The van der Waals surface area contributed by atoms with Gasteiger partial charge in [0.15, 0.2) is 12.4 Å². The van der Waals surface area contributed by atoms with Crippen molar-refractivity contribution in [3.8, 4) is 5.75 Å². The molecule has 0 radical (unpaired) electrons. The molecule has 1 fully saturated rings. The Hall–Kier alpha value is -4.73. The predicted octanol–water partition coefficient (Wildman–Crippen LogP) is 4.23. The highest BCUT2D eigenvalue weighted by atomic mass is 16.5. The Labute approximate surface area is 224 Å². The van der Waals surface area contributed by atoms with E-state index in [1.807, 2.05) is 6.92 Å². The lowest BCUT2D eigenvalue weighted by Gasteiger charge is -2.17. The molecule has 1 saturated heterocycles. The van der Waals surface area contributed by atoms with Crippen molar-refractivity contribution in [3.05, 3.63) is 83.8 Å². The monoisotopic (exact) mass is 533 g/mol. The zero-order valence-corrected chi connectivity index (χ0v) is 21.3. The summed E-state index contributed by atoms with van der Waals surface area (Å²) < 4.78 is 20.5. The van der Waals surface area contributed by atoms with Gasteiger partial charge < -0.3 is 23.5 Å². The third-order valence-electron chi connectivity index (χ3n) is 6.06. The lowest BCUT2D eigenvalue weighted by molar-refractivity contribution is -0.147. The number of ether oxygens (including phenoxy) is 3. The molecular formula is C29H27NO9. The molecule has 10 heteroatoms. The van der Waals surface area contributed by atoms with Crippen LogP contribution in [0.25, 0.3) is 0 Å². The van der Waals surface area contributed by atoms with Gasteiger partial charge >= 0.3 is 17.9 Å². The Bertz CT molecular complexity index is 1330. The number of hydrogen-bond donors (Lipinski definition) is 0. The number of furan rings is 1. The van der Waals surface area contributed by atoms with Crippen molar-refractivity contribution in [1.29, 1.82) is 0 Å². The first-order chi connectivity index (χ1) is 18.9. The molecule has 1 amide bonds. The molecule has 0 saturated carbocycles. The van der Waals surface area contributed by atoms with E-state index in [0.717, 1.165) is 12.8 Å². The molecule has 202 valence electrons. The van der Waals surface area contributed by atoms with Gasteiger partial charge in [-0.1, -0.05) is 13.3 Å². The zero-order chi connectivity index (χ0) is 27.8. The molecule has 0 bridgehead atoms. The summed E-state index contributed by atoms with van der Waals surface area (Å²) in [5.41, 5.74) is 1.18. The van der Waals surface area contributed by atoms with Crippen LogP contribution in [0.5, 0.6) is 5.75 Å². The van der Waals surface area contributed by atoms with Gasteiger partial charge in [0.2, 0.25) is 11.7 Å². The Kier molecular flexibility index (Phi) is 8.88. The molecule has 0 aliphatic carbocycles. The van der Waals surface area contributed by atoms with Crippen LogP contribution in [0.4, 0.5) is 5.69 Å². The first-order valence-corrected chi connectivity index (χ1v) is 12.5. The number of carbonyl (C=O) groups is 5. The van der Waals surface area contributed by atoms with E-state index < -0.39 is 36.2 Å². The number of nitrogens with zero attached hydrogens (tertiary/aromatic N) is 1. The van der Waals surface area contributed by atoms with E-state index in [1.54, 1.807) is 30.3 Å². The first-order valence-electron chi connectivity index (χ1n) is 12.5. The van der Waals surface area contributed by atoms with E-state index in [0.29, 0.717) is 17.9 Å². The second-order valence-electron chi connectivity index (χ2n) is 8.86. The van der Waals surface area contributed by atoms with Gasteiger partial charge in [0.25, 0.3) is 0 Å². The molecule has 2 heterocycles. The normalized spacial score (nSPS) is 14.6. The van der Waals surface area contributed by atoms with Gasteiger partial charge in [0.1, 0.15) is 5.75 Å². The number of hydrogen-bond acceptors (Lipinski definition) is 9. The fourth-order valence-electron chi connectivity index (χ4n) is 3.88. The predicted molar refractivity (Wildman–Crippen MR) is 137 cm³/mol. The van der Waals surface area contributed by atoms with Crippen LogP contribution >= 0.6 is 0 Å². The molecule has 1 aromatic heterocycles. The van der Waals surface area contributed by atoms with Crippen molar-refractivity contribution in [2.45, 2.75) is 26.2 Å². The fourth-order valence-corrected chi connectivity index (χ4v) is 3.88. The van der Waals surface area contributed by atoms with Gasteiger partial charge in [0.05, 0.1) is 24.4 Å². The third-order valence-corrected chi connectivity index (χ3v) is 6.06. The van der Waals surface area contributed by atoms with Gasteiger partial charge in [-0.05, 0) is 67.1 Å². The van der Waals surface area contributed by atoms with E-state index in [1.165, 1.54) is 41.5 Å². The second kappa shape index (κ2) is 12.7. The van der Waals surface area contributed by atoms with E-state index in [-0.39, 0.29) is 35.9 Å². The van der Waals surface area contributed by atoms with Crippen molar-refractivity contribution in [2.24, 2.45) is 5.92 Å². The van der Waals surface area contributed by atoms with Crippen molar-refractivity contribution < 1.29 is 42.6 Å². The maximum absolute atomic E-state index is 12.6. The molecule has 4 rings (SSSR count). The highest BCUT2D eigenvalue weighted by Crippen LogP contribution is 2.26. The average Bonchev–Trinajstić information content (AvgIpc) is 3.63.